The van der Waals surface area contributed by atoms with Gasteiger partial charge in [-0.15, -0.1) is 0 Å². The normalized spacial score (nSPS) is 12.9. The van der Waals surface area contributed by atoms with Crippen LogP contribution in [0.25, 0.3) is 0 Å². The average molecular weight is 269 g/mol. The molecule has 0 radical (unpaired) electrons. The molecule has 0 nitrogen and oxygen atoms in total. The van der Waals surface area contributed by atoms with E-state index in [2.05, 4.69) is 55.8 Å². The van der Waals surface area contributed by atoms with Crippen LogP contribution in [0.3, 0.4) is 0 Å². The molecule has 0 fully saturated rings. The van der Waals surface area contributed by atoms with Crippen molar-refractivity contribution in [3.05, 3.63) is 34.4 Å². The monoisotopic (exact) mass is 268 g/mol. The summed E-state index contributed by atoms with van der Waals surface area (Å²) in [5.74, 6) is 0. The minimum atomic E-state index is 0.466. The van der Waals surface area contributed by atoms with E-state index in [1.165, 1.54) is 22.3 Å². The summed E-state index contributed by atoms with van der Waals surface area (Å²) in [4.78, 5) is 0.466. The van der Waals surface area contributed by atoms with Crippen molar-refractivity contribution in [3.63, 3.8) is 0 Å². The Bertz CT molecular complexity index is 301. The number of halogens is 1. The van der Waals surface area contributed by atoms with Crippen LogP contribution in [-0.2, 0) is 19.3 Å². The van der Waals surface area contributed by atoms with Crippen molar-refractivity contribution in [2.75, 3.05) is 0 Å². The van der Waals surface area contributed by atoms with Crippen LogP contribution in [0.15, 0.2) is 12.1 Å². The quantitative estimate of drug-likeness (QED) is 0.687. The van der Waals surface area contributed by atoms with Crippen LogP contribution in [0.2, 0.25) is 0 Å². The molecule has 1 aromatic carbocycles. The van der Waals surface area contributed by atoms with Crippen molar-refractivity contribution < 1.29 is 0 Å². The van der Waals surface area contributed by atoms with E-state index in [9.17, 15) is 0 Å². The second-order valence-electron chi connectivity index (χ2n) is 4.00. The van der Waals surface area contributed by atoms with Gasteiger partial charge in [0.25, 0.3) is 0 Å². The zero-order valence-electron chi connectivity index (χ0n) is 10.2. The van der Waals surface area contributed by atoms with Gasteiger partial charge in [0.05, 0.1) is 0 Å². The zero-order chi connectivity index (χ0) is 11.4. The molecule has 0 saturated carbocycles. The molecule has 1 rings (SSSR count). The van der Waals surface area contributed by atoms with E-state index in [0.29, 0.717) is 4.83 Å². The Hall–Kier alpha value is -0.300. The van der Waals surface area contributed by atoms with Gasteiger partial charge in [0.1, 0.15) is 0 Å². The molecule has 0 spiro atoms. The first kappa shape index (κ1) is 12.8. The summed E-state index contributed by atoms with van der Waals surface area (Å²) in [6.45, 7) is 8.94. The number of hydrogen-bond donors (Lipinski definition) is 0. The molecule has 0 aliphatic rings. The van der Waals surface area contributed by atoms with Gasteiger partial charge in [-0.1, -0.05) is 48.8 Å². The molecule has 1 unspecified atom stereocenters. The van der Waals surface area contributed by atoms with Crippen LogP contribution in [0.5, 0.6) is 0 Å². The standard InChI is InChI=1S/C14H21Br/c1-5-11-8-12(6-2)14(10(4)15)13(7-3)9-11/h8-10H,5-7H2,1-4H3. The third-order valence-electron chi connectivity index (χ3n) is 2.98. The number of benzene rings is 1. The molecule has 1 atom stereocenters. The fourth-order valence-corrected chi connectivity index (χ4v) is 2.74. The van der Waals surface area contributed by atoms with Crippen LogP contribution >= 0.6 is 15.9 Å². The first-order valence-corrected chi connectivity index (χ1v) is 6.84. The highest BCUT2D eigenvalue weighted by Crippen LogP contribution is 2.31. The molecule has 0 aliphatic heterocycles. The number of alkyl halides is 1. The Morgan fingerprint density at radius 2 is 1.47 bits per heavy atom. The lowest BCUT2D eigenvalue weighted by Gasteiger charge is -2.17. The lowest BCUT2D eigenvalue weighted by atomic mass is 9.92. The van der Waals surface area contributed by atoms with Crippen LogP contribution in [-0.4, -0.2) is 0 Å². The number of hydrogen-bond acceptors (Lipinski definition) is 0. The van der Waals surface area contributed by atoms with Crippen molar-refractivity contribution in [3.8, 4) is 0 Å². The van der Waals surface area contributed by atoms with Gasteiger partial charge in [-0.25, -0.2) is 0 Å². The van der Waals surface area contributed by atoms with Gasteiger partial charge in [-0.2, -0.15) is 0 Å². The van der Waals surface area contributed by atoms with Gasteiger partial charge in [0, 0.05) is 4.83 Å². The van der Waals surface area contributed by atoms with Crippen LogP contribution in [0.4, 0.5) is 0 Å². The summed E-state index contributed by atoms with van der Waals surface area (Å²) >= 11 is 3.71. The summed E-state index contributed by atoms with van der Waals surface area (Å²) in [5.41, 5.74) is 6.00. The summed E-state index contributed by atoms with van der Waals surface area (Å²) in [7, 11) is 0. The minimum absolute atomic E-state index is 0.466. The molecule has 0 saturated heterocycles. The maximum Gasteiger partial charge on any atom is 0.0372 e. The SMILES string of the molecule is CCc1cc(CC)c(C(C)Br)c(CC)c1. The van der Waals surface area contributed by atoms with Gasteiger partial charge in [0.15, 0.2) is 0 Å². The third kappa shape index (κ3) is 2.84. The lowest BCUT2D eigenvalue weighted by molar-refractivity contribution is 0.957. The maximum absolute atomic E-state index is 3.71. The Morgan fingerprint density at radius 1 is 1.00 bits per heavy atom. The van der Waals surface area contributed by atoms with E-state index in [1.807, 2.05) is 0 Å². The Labute approximate surface area is 102 Å². The van der Waals surface area contributed by atoms with Crippen molar-refractivity contribution in [1.82, 2.24) is 0 Å². The molecule has 84 valence electrons. The van der Waals surface area contributed by atoms with Gasteiger partial charge >= 0.3 is 0 Å². The van der Waals surface area contributed by atoms with Crippen LogP contribution < -0.4 is 0 Å². The molecular weight excluding hydrogens is 248 g/mol. The molecule has 0 aromatic heterocycles. The van der Waals surface area contributed by atoms with Crippen molar-refractivity contribution in [1.29, 1.82) is 0 Å². The number of aryl methyl sites for hydroxylation is 3. The number of rotatable bonds is 4. The fourth-order valence-electron chi connectivity index (χ4n) is 2.15. The molecule has 0 N–H and O–H groups in total. The van der Waals surface area contributed by atoms with Crippen LogP contribution in [0.1, 0.15) is 54.8 Å². The predicted octanol–water partition coefficient (Wildman–Crippen LogP) is 4.83. The first-order chi connectivity index (χ1) is 7.13. The van der Waals surface area contributed by atoms with Gasteiger partial charge in [-0.3, -0.25) is 0 Å². The molecule has 0 heterocycles. The van der Waals surface area contributed by atoms with Crippen LogP contribution in [0, 0.1) is 0 Å². The highest BCUT2D eigenvalue weighted by Gasteiger charge is 2.12. The van der Waals surface area contributed by atoms with E-state index >= 15 is 0 Å². The first-order valence-electron chi connectivity index (χ1n) is 5.92. The molecule has 1 aromatic rings. The second-order valence-corrected chi connectivity index (χ2v) is 5.38. The van der Waals surface area contributed by atoms with E-state index < -0.39 is 0 Å². The van der Waals surface area contributed by atoms with E-state index in [1.54, 1.807) is 0 Å². The summed E-state index contributed by atoms with van der Waals surface area (Å²) < 4.78 is 0. The summed E-state index contributed by atoms with van der Waals surface area (Å²) in [5, 5.41) is 0. The Kier molecular flexibility index (Phi) is 4.85. The molecule has 0 aliphatic carbocycles. The van der Waals surface area contributed by atoms with Crippen molar-refractivity contribution in [2.45, 2.75) is 51.8 Å². The van der Waals surface area contributed by atoms with E-state index in [0.717, 1.165) is 19.3 Å². The highest BCUT2D eigenvalue weighted by atomic mass is 79.9. The minimum Gasteiger partial charge on any atom is -0.0842 e. The van der Waals surface area contributed by atoms with E-state index in [4.69, 9.17) is 0 Å². The highest BCUT2D eigenvalue weighted by molar-refractivity contribution is 9.09. The van der Waals surface area contributed by atoms with Gasteiger partial charge < -0.3 is 0 Å². The van der Waals surface area contributed by atoms with Crippen molar-refractivity contribution in [2.24, 2.45) is 0 Å². The van der Waals surface area contributed by atoms with E-state index in [-0.39, 0.29) is 0 Å². The predicted molar refractivity (Wildman–Crippen MR) is 71.9 cm³/mol. The maximum atomic E-state index is 3.71. The Morgan fingerprint density at radius 3 is 1.73 bits per heavy atom. The van der Waals surface area contributed by atoms with Gasteiger partial charge in [-0.05, 0) is 48.4 Å². The van der Waals surface area contributed by atoms with Crippen molar-refractivity contribution >= 4 is 15.9 Å². The smallest absolute Gasteiger partial charge is 0.0372 e. The second kappa shape index (κ2) is 5.69. The molecule has 15 heavy (non-hydrogen) atoms. The topological polar surface area (TPSA) is 0 Å². The Balaban J connectivity index is 3.32. The summed E-state index contributed by atoms with van der Waals surface area (Å²) in [6.07, 6.45) is 3.40. The lowest BCUT2D eigenvalue weighted by Crippen LogP contribution is -2.01. The third-order valence-corrected chi connectivity index (χ3v) is 3.44. The summed E-state index contributed by atoms with van der Waals surface area (Å²) in [6, 6.07) is 4.73. The largest absolute Gasteiger partial charge is 0.0842 e. The van der Waals surface area contributed by atoms with Gasteiger partial charge in [0.2, 0.25) is 0 Å². The molecule has 0 amide bonds. The molecular formula is C14H21Br. The molecule has 1 heteroatoms. The average Bonchev–Trinajstić information content (AvgIpc) is 2.26. The fraction of sp³-hybridized carbons (Fsp3) is 0.571. The molecule has 0 bridgehead atoms. The zero-order valence-corrected chi connectivity index (χ0v) is 11.8.